The molecule has 1 amide bonds. The van der Waals surface area contributed by atoms with Crippen molar-refractivity contribution in [3.8, 4) is 5.75 Å². The highest BCUT2D eigenvalue weighted by Crippen LogP contribution is 2.39. The standard InChI is InChI=1S/C27H31FN2O5/c1-3-14-35-22-9-6-20(17-18(22)2)25(31)23-24(19-4-7-21(28)8-5-19)30(27(33)26(23)32)11-10-29-12-15-34-16-13-29/h4-9,17,24,31H,3,10-16H2,1-2H3/t24-/m0/s1. The van der Waals surface area contributed by atoms with Crippen LogP contribution in [0.4, 0.5) is 4.39 Å². The molecule has 0 aromatic heterocycles. The van der Waals surface area contributed by atoms with E-state index in [4.69, 9.17) is 9.47 Å². The minimum Gasteiger partial charge on any atom is -0.507 e. The maximum atomic E-state index is 13.7. The average Bonchev–Trinajstić information content (AvgIpc) is 3.12. The van der Waals surface area contributed by atoms with Crippen LogP contribution in [0.3, 0.4) is 0 Å². The van der Waals surface area contributed by atoms with Crippen molar-refractivity contribution in [1.29, 1.82) is 0 Å². The predicted molar refractivity (Wildman–Crippen MR) is 130 cm³/mol. The molecule has 2 fully saturated rings. The Balaban J connectivity index is 1.71. The number of rotatable bonds is 8. The maximum absolute atomic E-state index is 13.7. The molecule has 2 aromatic carbocycles. The smallest absolute Gasteiger partial charge is 0.295 e. The average molecular weight is 483 g/mol. The number of aliphatic hydroxyl groups excluding tert-OH is 1. The molecule has 4 rings (SSSR count). The van der Waals surface area contributed by atoms with E-state index in [0.29, 0.717) is 49.8 Å². The number of nitrogens with zero attached hydrogens (tertiary/aromatic N) is 2. The molecule has 0 unspecified atom stereocenters. The summed E-state index contributed by atoms with van der Waals surface area (Å²) in [6.07, 6.45) is 0.868. The lowest BCUT2D eigenvalue weighted by atomic mass is 9.94. The largest absolute Gasteiger partial charge is 0.507 e. The highest BCUT2D eigenvalue weighted by atomic mass is 19.1. The molecule has 7 nitrogen and oxygen atoms in total. The molecular formula is C27H31FN2O5. The Hall–Kier alpha value is -3.23. The first-order valence-electron chi connectivity index (χ1n) is 12.0. The van der Waals surface area contributed by atoms with Crippen LogP contribution in [0.5, 0.6) is 5.75 Å². The van der Waals surface area contributed by atoms with Gasteiger partial charge in [0.1, 0.15) is 17.3 Å². The van der Waals surface area contributed by atoms with Gasteiger partial charge in [-0.05, 0) is 54.8 Å². The Morgan fingerprint density at radius 2 is 1.83 bits per heavy atom. The predicted octanol–water partition coefficient (Wildman–Crippen LogP) is 3.68. The van der Waals surface area contributed by atoms with Crippen LogP contribution in [-0.4, -0.2) is 72.6 Å². The highest BCUT2D eigenvalue weighted by Gasteiger charge is 2.46. The van der Waals surface area contributed by atoms with Crippen LogP contribution in [-0.2, 0) is 14.3 Å². The number of amides is 1. The number of aliphatic hydroxyl groups is 1. The summed E-state index contributed by atoms with van der Waals surface area (Å²) in [6, 6.07) is 10.0. The molecule has 1 atom stereocenters. The van der Waals surface area contributed by atoms with E-state index >= 15 is 0 Å². The number of likely N-dealkylation sites (tertiary alicyclic amines) is 1. The number of aryl methyl sites for hydroxylation is 1. The number of morpholine rings is 1. The highest BCUT2D eigenvalue weighted by molar-refractivity contribution is 6.46. The summed E-state index contributed by atoms with van der Waals surface area (Å²) in [5.74, 6) is -1.39. The fraction of sp³-hybridized carbons (Fsp3) is 0.407. The van der Waals surface area contributed by atoms with E-state index in [1.54, 1.807) is 30.3 Å². The van der Waals surface area contributed by atoms with Gasteiger partial charge in [0.25, 0.3) is 11.7 Å². The van der Waals surface area contributed by atoms with E-state index in [0.717, 1.165) is 25.1 Å². The summed E-state index contributed by atoms with van der Waals surface area (Å²) in [5, 5.41) is 11.3. The number of carbonyl (C=O) groups excluding carboxylic acids is 2. The van der Waals surface area contributed by atoms with E-state index < -0.39 is 23.5 Å². The van der Waals surface area contributed by atoms with Crippen LogP contribution in [0, 0.1) is 12.7 Å². The van der Waals surface area contributed by atoms with Crippen LogP contribution < -0.4 is 4.74 Å². The van der Waals surface area contributed by atoms with Gasteiger partial charge in [-0.3, -0.25) is 14.5 Å². The third-order valence-corrected chi connectivity index (χ3v) is 6.40. The number of Topliss-reactive ketones (excluding diaryl/α,β-unsaturated/α-hetero) is 1. The zero-order valence-corrected chi connectivity index (χ0v) is 20.1. The Morgan fingerprint density at radius 1 is 1.11 bits per heavy atom. The molecule has 2 aliphatic rings. The molecule has 186 valence electrons. The Labute approximate surface area is 204 Å². The summed E-state index contributed by atoms with van der Waals surface area (Å²) < 4.78 is 24.8. The fourth-order valence-electron chi connectivity index (χ4n) is 4.50. The molecule has 2 heterocycles. The van der Waals surface area contributed by atoms with Gasteiger partial charge in [0.15, 0.2) is 0 Å². The van der Waals surface area contributed by atoms with Crippen LogP contribution in [0.15, 0.2) is 48.0 Å². The number of halogens is 1. The van der Waals surface area contributed by atoms with E-state index in [1.165, 1.54) is 17.0 Å². The van der Waals surface area contributed by atoms with E-state index in [2.05, 4.69) is 4.90 Å². The minimum absolute atomic E-state index is 0.00483. The number of carbonyl (C=O) groups is 2. The van der Waals surface area contributed by atoms with Gasteiger partial charge < -0.3 is 19.5 Å². The van der Waals surface area contributed by atoms with Gasteiger partial charge in [-0.1, -0.05) is 19.1 Å². The third kappa shape index (κ3) is 5.39. The molecule has 2 aliphatic heterocycles. The van der Waals surface area contributed by atoms with Gasteiger partial charge in [-0.2, -0.15) is 0 Å². The minimum atomic E-state index is -0.812. The zero-order valence-electron chi connectivity index (χ0n) is 20.1. The van der Waals surface area contributed by atoms with Crippen molar-refractivity contribution in [2.24, 2.45) is 0 Å². The van der Waals surface area contributed by atoms with Gasteiger partial charge in [0, 0.05) is 31.7 Å². The first-order valence-corrected chi connectivity index (χ1v) is 12.0. The van der Waals surface area contributed by atoms with Crippen LogP contribution >= 0.6 is 0 Å². The summed E-state index contributed by atoms with van der Waals surface area (Å²) in [7, 11) is 0. The summed E-state index contributed by atoms with van der Waals surface area (Å²) >= 11 is 0. The molecule has 1 N–H and O–H groups in total. The molecule has 0 spiro atoms. The summed E-state index contributed by atoms with van der Waals surface area (Å²) in [6.45, 7) is 8.06. The molecule has 0 bridgehead atoms. The second kappa shape index (κ2) is 11.0. The number of hydrogen-bond donors (Lipinski definition) is 1. The topological polar surface area (TPSA) is 79.3 Å². The van der Waals surface area contributed by atoms with Gasteiger partial charge in [-0.15, -0.1) is 0 Å². The Kier molecular flexibility index (Phi) is 7.83. The van der Waals surface area contributed by atoms with Crippen molar-refractivity contribution in [2.75, 3.05) is 46.0 Å². The van der Waals surface area contributed by atoms with Crippen molar-refractivity contribution in [2.45, 2.75) is 26.3 Å². The van der Waals surface area contributed by atoms with Crippen molar-refractivity contribution in [3.63, 3.8) is 0 Å². The third-order valence-electron chi connectivity index (χ3n) is 6.40. The number of hydrogen-bond acceptors (Lipinski definition) is 6. The summed E-state index contributed by atoms with van der Waals surface area (Å²) in [4.78, 5) is 29.9. The normalized spacial score (nSPS) is 20.4. The molecule has 0 radical (unpaired) electrons. The van der Waals surface area contributed by atoms with Gasteiger partial charge >= 0.3 is 0 Å². The van der Waals surface area contributed by atoms with Crippen molar-refractivity contribution < 1.29 is 28.6 Å². The van der Waals surface area contributed by atoms with Gasteiger partial charge in [-0.25, -0.2) is 4.39 Å². The lowest BCUT2D eigenvalue weighted by Crippen LogP contribution is -2.42. The first kappa shape index (κ1) is 24.9. The quantitative estimate of drug-likeness (QED) is 0.351. The number of ether oxygens (including phenoxy) is 2. The molecule has 8 heteroatoms. The lowest BCUT2D eigenvalue weighted by molar-refractivity contribution is -0.140. The van der Waals surface area contributed by atoms with Gasteiger partial charge in [0.2, 0.25) is 0 Å². The molecular weight excluding hydrogens is 451 g/mol. The monoisotopic (exact) mass is 482 g/mol. The van der Waals surface area contributed by atoms with E-state index in [-0.39, 0.29) is 11.3 Å². The van der Waals surface area contributed by atoms with Crippen LogP contribution in [0.25, 0.3) is 5.76 Å². The maximum Gasteiger partial charge on any atom is 0.295 e. The summed E-state index contributed by atoms with van der Waals surface area (Å²) in [5.41, 5.74) is 1.80. The Morgan fingerprint density at radius 3 is 2.49 bits per heavy atom. The second-order valence-electron chi connectivity index (χ2n) is 8.83. The molecule has 2 aromatic rings. The number of ketones is 1. The molecule has 35 heavy (non-hydrogen) atoms. The molecule has 2 saturated heterocycles. The second-order valence-corrected chi connectivity index (χ2v) is 8.83. The molecule has 0 saturated carbocycles. The SMILES string of the molecule is CCCOc1ccc(C(O)=C2C(=O)C(=O)N(CCN3CCOCC3)[C@H]2c2ccc(F)cc2)cc1C. The first-order chi connectivity index (χ1) is 16.9. The lowest BCUT2D eigenvalue weighted by Gasteiger charge is -2.31. The van der Waals surface area contributed by atoms with Crippen LogP contribution in [0.2, 0.25) is 0 Å². The Bertz CT molecular complexity index is 1110. The van der Waals surface area contributed by atoms with E-state index in [9.17, 15) is 19.1 Å². The van der Waals surface area contributed by atoms with Crippen molar-refractivity contribution >= 4 is 17.4 Å². The van der Waals surface area contributed by atoms with Crippen molar-refractivity contribution in [3.05, 3.63) is 70.5 Å². The molecule has 0 aliphatic carbocycles. The van der Waals surface area contributed by atoms with Crippen molar-refractivity contribution in [1.82, 2.24) is 9.80 Å². The zero-order chi connectivity index (χ0) is 24.9. The fourth-order valence-corrected chi connectivity index (χ4v) is 4.50. The number of benzene rings is 2. The van der Waals surface area contributed by atoms with E-state index in [1.807, 2.05) is 13.8 Å². The van der Waals surface area contributed by atoms with Gasteiger partial charge in [0.05, 0.1) is 31.4 Å². The van der Waals surface area contributed by atoms with Crippen LogP contribution in [0.1, 0.15) is 36.1 Å².